The highest BCUT2D eigenvalue weighted by atomic mass is 32.1. The number of anilines is 1. The third-order valence-corrected chi connectivity index (χ3v) is 5.20. The van der Waals surface area contributed by atoms with Crippen molar-refractivity contribution in [1.82, 2.24) is 15.2 Å². The van der Waals surface area contributed by atoms with Gasteiger partial charge in [0.25, 0.3) is 0 Å². The molecular weight excluding hydrogens is 339 g/mol. The number of thiazole rings is 1. The van der Waals surface area contributed by atoms with Gasteiger partial charge in [0.05, 0.1) is 11.7 Å². The molecule has 1 fully saturated rings. The molecule has 1 aromatic heterocycles. The molecular formula is C18H23FN4OS. The minimum atomic E-state index is -0.261. The van der Waals surface area contributed by atoms with Crippen LogP contribution in [0.4, 0.5) is 14.3 Å². The Bertz CT molecular complexity index is 721. The molecule has 2 aromatic rings. The Labute approximate surface area is 151 Å². The van der Waals surface area contributed by atoms with Crippen LogP contribution in [0.1, 0.15) is 43.0 Å². The van der Waals surface area contributed by atoms with Crippen LogP contribution in [0.5, 0.6) is 0 Å². The molecule has 1 aliphatic rings. The number of nitrogens with two attached hydrogens (primary N) is 1. The molecule has 1 aromatic carbocycles. The SMILES string of the molecule is Nc1nc(CCNC(=O)N2CCCCCC2c2cccc(F)c2)cs1. The first kappa shape index (κ1) is 17.7. The van der Waals surface area contributed by atoms with E-state index in [0.717, 1.165) is 36.9 Å². The van der Waals surface area contributed by atoms with Gasteiger partial charge in [-0.15, -0.1) is 11.3 Å². The predicted octanol–water partition coefficient (Wildman–Crippen LogP) is 3.73. The van der Waals surface area contributed by atoms with Gasteiger partial charge in [0.1, 0.15) is 5.82 Å². The number of hydrogen-bond acceptors (Lipinski definition) is 4. The van der Waals surface area contributed by atoms with Crippen LogP contribution in [-0.4, -0.2) is 29.0 Å². The van der Waals surface area contributed by atoms with Gasteiger partial charge in [-0.05, 0) is 30.5 Å². The quantitative estimate of drug-likeness (QED) is 0.870. The van der Waals surface area contributed by atoms with Gasteiger partial charge in [-0.1, -0.05) is 25.0 Å². The highest BCUT2D eigenvalue weighted by molar-refractivity contribution is 7.13. The highest BCUT2D eigenvalue weighted by Gasteiger charge is 2.26. The van der Waals surface area contributed by atoms with Gasteiger partial charge in [-0.3, -0.25) is 0 Å². The molecule has 3 rings (SSSR count). The molecule has 7 heteroatoms. The summed E-state index contributed by atoms with van der Waals surface area (Å²) in [7, 11) is 0. The molecule has 1 atom stereocenters. The Morgan fingerprint density at radius 2 is 2.28 bits per heavy atom. The van der Waals surface area contributed by atoms with Crippen LogP contribution in [0.2, 0.25) is 0 Å². The Hall–Kier alpha value is -2.15. The molecule has 0 radical (unpaired) electrons. The number of urea groups is 1. The highest BCUT2D eigenvalue weighted by Crippen LogP contribution is 2.30. The van der Waals surface area contributed by atoms with E-state index in [2.05, 4.69) is 10.3 Å². The van der Waals surface area contributed by atoms with E-state index in [1.54, 1.807) is 6.07 Å². The lowest BCUT2D eigenvalue weighted by atomic mass is 10.0. The normalized spacial score (nSPS) is 18.0. The van der Waals surface area contributed by atoms with Crippen molar-refractivity contribution in [2.45, 2.75) is 38.1 Å². The van der Waals surface area contributed by atoms with Gasteiger partial charge < -0.3 is 16.0 Å². The Kier molecular flexibility index (Phi) is 5.86. The van der Waals surface area contributed by atoms with E-state index >= 15 is 0 Å². The van der Waals surface area contributed by atoms with Crippen molar-refractivity contribution in [2.24, 2.45) is 0 Å². The van der Waals surface area contributed by atoms with Crippen molar-refractivity contribution in [3.8, 4) is 0 Å². The monoisotopic (exact) mass is 362 g/mol. The number of nitrogens with zero attached hydrogens (tertiary/aromatic N) is 2. The molecule has 2 heterocycles. The molecule has 1 aliphatic heterocycles. The average Bonchev–Trinajstić information content (AvgIpc) is 2.86. The third-order valence-electron chi connectivity index (χ3n) is 4.47. The second-order valence-corrected chi connectivity index (χ2v) is 7.16. The van der Waals surface area contributed by atoms with Crippen LogP contribution in [0.3, 0.4) is 0 Å². The number of carbonyl (C=O) groups is 1. The van der Waals surface area contributed by atoms with Crippen molar-refractivity contribution in [3.63, 3.8) is 0 Å². The van der Waals surface area contributed by atoms with E-state index in [-0.39, 0.29) is 17.9 Å². The minimum Gasteiger partial charge on any atom is -0.375 e. The molecule has 1 unspecified atom stereocenters. The van der Waals surface area contributed by atoms with Gasteiger partial charge in [0.15, 0.2) is 5.13 Å². The first-order valence-electron chi connectivity index (χ1n) is 8.63. The molecule has 0 aliphatic carbocycles. The summed E-state index contributed by atoms with van der Waals surface area (Å²) in [5.41, 5.74) is 7.37. The maximum Gasteiger partial charge on any atom is 0.317 e. The van der Waals surface area contributed by atoms with Crippen LogP contribution in [-0.2, 0) is 6.42 Å². The van der Waals surface area contributed by atoms with E-state index in [4.69, 9.17) is 5.73 Å². The molecule has 2 amide bonds. The molecule has 3 N–H and O–H groups in total. The Balaban J connectivity index is 1.64. The van der Waals surface area contributed by atoms with Crippen LogP contribution >= 0.6 is 11.3 Å². The molecule has 0 saturated carbocycles. The number of nitrogens with one attached hydrogen (secondary N) is 1. The second-order valence-electron chi connectivity index (χ2n) is 6.27. The fourth-order valence-corrected chi connectivity index (χ4v) is 3.85. The number of halogens is 1. The van der Waals surface area contributed by atoms with E-state index in [9.17, 15) is 9.18 Å². The molecule has 0 bridgehead atoms. The van der Waals surface area contributed by atoms with Gasteiger partial charge in [-0.25, -0.2) is 14.2 Å². The van der Waals surface area contributed by atoms with Crippen LogP contribution in [0.15, 0.2) is 29.6 Å². The summed E-state index contributed by atoms with van der Waals surface area (Å²) < 4.78 is 13.6. The lowest BCUT2D eigenvalue weighted by Gasteiger charge is -2.30. The van der Waals surface area contributed by atoms with E-state index in [0.29, 0.717) is 24.6 Å². The summed E-state index contributed by atoms with van der Waals surface area (Å²) in [5, 5.41) is 5.42. The number of hydrogen-bond donors (Lipinski definition) is 2. The molecule has 0 spiro atoms. The first-order chi connectivity index (χ1) is 12.1. The van der Waals surface area contributed by atoms with E-state index in [1.807, 2.05) is 16.3 Å². The number of aromatic nitrogens is 1. The summed E-state index contributed by atoms with van der Waals surface area (Å²) >= 11 is 1.40. The number of carbonyl (C=O) groups excluding carboxylic acids is 1. The third kappa shape index (κ3) is 4.69. The van der Waals surface area contributed by atoms with Crippen LogP contribution in [0, 0.1) is 5.82 Å². The van der Waals surface area contributed by atoms with Crippen LogP contribution < -0.4 is 11.1 Å². The Morgan fingerprint density at radius 1 is 1.40 bits per heavy atom. The summed E-state index contributed by atoms with van der Waals surface area (Å²) in [6.45, 7) is 1.20. The number of nitrogen functional groups attached to an aromatic ring is 1. The zero-order valence-electron chi connectivity index (χ0n) is 14.1. The van der Waals surface area contributed by atoms with Gasteiger partial charge >= 0.3 is 6.03 Å². The lowest BCUT2D eigenvalue weighted by molar-refractivity contribution is 0.176. The summed E-state index contributed by atoms with van der Waals surface area (Å²) in [4.78, 5) is 18.7. The number of rotatable bonds is 4. The second kappa shape index (κ2) is 8.29. The topological polar surface area (TPSA) is 71.2 Å². The van der Waals surface area contributed by atoms with E-state index < -0.39 is 0 Å². The van der Waals surface area contributed by atoms with Gasteiger partial charge in [0, 0.05) is 24.9 Å². The Morgan fingerprint density at radius 3 is 3.04 bits per heavy atom. The molecule has 1 saturated heterocycles. The maximum absolute atomic E-state index is 13.6. The number of likely N-dealkylation sites (tertiary alicyclic amines) is 1. The fraction of sp³-hybridized carbons (Fsp3) is 0.444. The molecule has 25 heavy (non-hydrogen) atoms. The molecule has 134 valence electrons. The van der Waals surface area contributed by atoms with Gasteiger partial charge in [-0.2, -0.15) is 0 Å². The van der Waals surface area contributed by atoms with E-state index in [1.165, 1.54) is 23.5 Å². The smallest absolute Gasteiger partial charge is 0.317 e. The van der Waals surface area contributed by atoms with Crippen molar-refractivity contribution in [3.05, 3.63) is 46.7 Å². The summed E-state index contributed by atoms with van der Waals surface area (Å²) in [5.74, 6) is -0.261. The largest absolute Gasteiger partial charge is 0.375 e. The fourth-order valence-electron chi connectivity index (χ4n) is 3.25. The minimum absolute atomic E-state index is 0.0758. The van der Waals surface area contributed by atoms with Gasteiger partial charge in [0.2, 0.25) is 0 Å². The zero-order chi connectivity index (χ0) is 17.6. The van der Waals surface area contributed by atoms with Crippen molar-refractivity contribution < 1.29 is 9.18 Å². The predicted molar refractivity (Wildman–Crippen MR) is 97.9 cm³/mol. The first-order valence-corrected chi connectivity index (χ1v) is 9.51. The standard InChI is InChI=1S/C18H23FN4OS/c19-14-6-4-5-13(11-14)16-7-2-1-3-10-23(16)18(24)21-9-8-15-12-25-17(20)22-15/h4-6,11-12,16H,1-3,7-10H2,(H2,20,22)(H,21,24). The average molecular weight is 362 g/mol. The molecule has 5 nitrogen and oxygen atoms in total. The summed E-state index contributed by atoms with van der Waals surface area (Å²) in [6.07, 6.45) is 4.62. The van der Waals surface area contributed by atoms with Crippen molar-refractivity contribution in [1.29, 1.82) is 0 Å². The summed E-state index contributed by atoms with van der Waals surface area (Å²) in [6, 6.07) is 6.40. The maximum atomic E-state index is 13.6. The lowest BCUT2D eigenvalue weighted by Crippen LogP contribution is -2.42. The number of benzene rings is 1. The van der Waals surface area contributed by atoms with Crippen molar-refractivity contribution >= 4 is 22.5 Å². The number of amides is 2. The van der Waals surface area contributed by atoms with Crippen molar-refractivity contribution in [2.75, 3.05) is 18.8 Å². The van der Waals surface area contributed by atoms with Crippen LogP contribution in [0.25, 0.3) is 0 Å². The zero-order valence-corrected chi connectivity index (χ0v) is 14.9.